The third-order valence-electron chi connectivity index (χ3n) is 5.24. The van der Waals surface area contributed by atoms with Crippen molar-refractivity contribution in [3.63, 3.8) is 0 Å². The van der Waals surface area contributed by atoms with Crippen LogP contribution in [0.25, 0.3) is 0 Å². The highest BCUT2D eigenvalue weighted by Gasteiger charge is 2.37. The summed E-state index contributed by atoms with van der Waals surface area (Å²) in [6.07, 6.45) is -12.8. The Hall–Kier alpha value is -2.51. The van der Waals surface area contributed by atoms with E-state index < -0.39 is 59.6 Å². The molecule has 0 aliphatic heterocycles. The minimum atomic E-state index is -5.06. The summed E-state index contributed by atoms with van der Waals surface area (Å²) in [6, 6.07) is 0.203. The molecule has 0 heterocycles. The van der Waals surface area contributed by atoms with Gasteiger partial charge in [0.15, 0.2) is 0 Å². The second-order valence-corrected chi connectivity index (χ2v) is 8.01. The molecule has 5 nitrogen and oxygen atoms in total. The zero-order chi connectivity index (χ0) is 25.7. The van der Waals surface area contributed by atoms with Gasteiger partial charge in [0.1, 0.15) is 6.54 Å². The van der Waals surface area contributed by atoms with Gasteiger partial charge in [0.05, 0.1) is 17.7 Å². The first kappa shape index (κ1) is 27.7. The summed E-state index contributed by atoms with van der Waals surface area (Å²) in [5.41, 5.74) is -3.92. The van der Waals surface area contributed by atoms with Gasteiger partial charge in [-0.05, 0) is 56.3 Å². The van der Waals surface area contributed by atoms with Crippen molar-refractivity contribution >= 4 is 11.8 Å². The molecular weight excluding hydrogens is 485 g/mol. The van der Waals surface area contributed by atoms with Gasteiger partial charge in [-0.2, -0.15) is 39.5 Å². The van der Waals surface area contributed by atoms with Gasteiger partial charge in [-0.3, -0.25) is 9.59 Å². The van der Waals surface area contributed by atoms with Crippen LogP contribution in [0.15, 0.2) is 18.2 Å². The minimum absolute atomic E-state index is 0.0361. The van der Waals surface area contributed by atoms with E-state index in [-0.39, 0.29) is 18.5 Å². The van der Waals surface area contributed by atoms with E-state index in [2.05, 4.69) is 10.6 Å². The van der Waals surface area contributed by atoms with E-state index in [1.807, 2.05) is 0 Å². The maximum atomic E-state index is 13.0. The zero-order valence-corrected chi connectivity index (χ0v) is 17.6. The maximum absolute atomic E-state index is 13.0. The molecule has 1 aromatic carbocycles. The topological polar surface area (TPSA) is 70.2 Å². The SMILES string of the molecule is O=C(CNCC1CCC(NC(=O)c2cc(C(F)(F)F)cc(C(F)(F)F)c2)CC1)NCC(F)(F)F. The Morgan fingerprint density at radius 3 is 1.82 bits per heavy atom. The molecule has 2 rings (SSSR count). The van der Waals surface area contributed by atoms with Gasteiger partial charge in [-0.25, -0.2) is 0 Å². The highest BCUT2D eigenvalue weighted by Crippen LogP contribution is 2.36. The lowest BCUT2D eigenvalue weighted by Gasteiger charge is -2.29. The molecular formula is C20H22F9N3O2. The van der Waals surface area contributed by atoms with Crippen LogP contribution in [-0.4, -0.2) is 43.7 Å². The van der Waals surface area contributed by atoms with Crippen LogP contribution < -0.4 is 16.0 Å². The van der Waals surface area contributed by atoms with E-state index in [0.717, 1.165) is 0 Å². The lowest BCUT2D eigenvalue weighted by Crippen LogP contribution is -2.42. The average Bonchev–Trinajstić information content (AvgIpc) is 2.71. The number of alkyl halides is 9. The number of rotatable bonds is 7. The van der Waals surface area contributed by atoms with Gasteiger partial charge in [0, 0.05) is 11.6 Å². The van der Waals surface area contributed by atoms with Gasteiger partial charge in [0.2, 0.25) is 5.91 Å². The van der Waals surface area contributed by atoms with E-state index >= 15 is 0 Å². The fraction of sp³-hybridized carbons (Fsp3) is 0.600. The van der Waals surface area contributed by atoms with Crippen molar-refractivity contribution in [2.45, 2.75) is 50.3 Å². The van der Waals surface area contributed by atoms with Gasteiger partial charge in [0.25, 0.3) is 5.91 Å². The quantitative estimate of drug-likeness (QED) is 0.483. The molecule has 0 aromatic heterocycles. The van der Waals surface area contributed by atoms with E-state index in [0.29, 0.717) is 44.4 Å². The number of hydrogen-bond donors (Lipinski definition) is 3. The normalized spacial score (nSPS) is 19.6. The molecule has 1 aliphatic carbocycles. The lowest BCUT2D eigenvalue weighted by atomic mass is 9.86. The molecule has 0 unspecified atom stereocenters. The summed E-state index contributed by atoms with van der Waals surface area (Å²) < 4.78 is 114. The van der Waals surface area contributed by atoms with Gasteiger partial charge in [-0.15, -0.1) is 0 Å². The molecule has 1 aliphatic rings. The van der Waals surface area contributed by atoms with Crippen molar-refractivity contribution in [3.05, 3.63) is 34.9 Å². The van der Waals surface area contributed by atoms with Crippen LogP contribution in [-0.2, 0) is 17.1 Å². The predicted molar refractivity (Wildman–Crippen MR) is 102 cm³/mol. The molecule has 0 saturated heterocycles. The Kier molecular flexibility index (Phi) is 8.83. The number of halogens is 9. The fourth-order valence-electron chi connectivity index (χ4n) is 3.52. The van der Waals surface area contributed by atoms with Crippen molar-refractivity contribution in [2.24, 2.45) is 5.92 Å². The number of carbonyl (C=O) groups excluding carboxylic acids is 2. The van der Waals surface area contributed by atoms with Crippen molar-refractivity contribution in [3.8, 4) is 0 Å². The molecule has 14 heteroatoms. The first-order chi connectivity index (χ1) is 15.5. The molecule has 0 spiro atoms. The Labute approximate surface area is 188 Å². The molecule has 1 fully saturated rings. The maximum Gasteiger partial charge on any atom is 0.416 e. The Morgan fingerprint density at radius 1 is 0.824 bits per heavy atom. The first-order valence-electron chi connectivity index (χ1n) is 10.2. The van der Waals surface area contributed by atoms with Crippen LogP contribution in [0.4, 0.5) is 39.5 Å². The van der Waals surface area contributed by atoms with Crippen LogP contribution in [0.2, 0.25) is 0 Å². The molecule has 3 N–H and O–H groups in total. The van der Waals surface area contributed by atoms with Crippen LogP contribution in [0.5, 0.6) is 0 Å². The standard InChI is InChI=1S/C20H22F9N3O2/c21-18(22,23)10-31-16(33)9-30-8-11-1-3-15(4-2-11)32-17(34)12-5-13(19(24,25)26)7-14(6-12)20(27,28)29/h5-7,11,15,30H,1-4,8-10H2,(H,31,33)(H,32,34). The lowest BCUT2D eigenvalue weighted by molar-refractivity contribution is -0.143. The average molecular weight is 507 g/mol. The molecule has 1 aromatic rings. The van der Waals surface area contributed by atoms with Crippen molar-refractivity contribution in [1.82, 2.24) is 16.0 Å². The van der Waals surface area contributed by atoms with Crippen LogP contribution in [0, 0.1) is 5.92 Å². The summed E-state index contributed by atoms with van der Waals surface area (Å²) in [5, 5.41) is 6.90. The second-order valence-electron chi connectivity index (χ2n) is 8.01. The number of amides is 2. The number of carbonyl (C=O) groups is 2. The van der Waals surface area contributed by atoms with E-state index in [1.165, 1.54) is 0 Å². The van der Waals surface area contributed by atoms with Crippen LogP contribution >= 0.6 is 0 Å². The third-order valence-corrected chi connectivity index (χ3v) is 5.24. The van der Waals surface area contributed by atoms with E-state index in [1.54, 1.807) is 5.32 Å². The number of hydrogen-bond acceptors (Lipinski definition) is 3. The summed E-state index contributed by atoms with van der Waals surface area (Å²) in [4.78, 5) is 23.7. The van der Waals surface area contributed by atoms with Gasteiger partial charge < -0.3 is 16.0 Å². The molecule has 0 radical (unpaired) electrons. The Bertz CT molecular complexity index is 826. The monoisotopic (exact) mass is 507 g/mol. The van der Waals surface area contributed by atoms with Crippen molar-refractivity contribution < 1.29 is 49.1 Å². The molecule has 2 amide bonds. The summed E-state index contributed by atoms with van der Waals surface area (Å²) in [7, 11) is 0. The predicted octanol–water partition coefficient (Wildman–Crippen LogP) is 4.28. The third kappa shape index (κ3) is 9.03. The zero-order valence-electron chi connectivity index (χ0n) is 17.6. The summed E-state index contributed by atoms with van der Waals surface area (Å²) in [5.74, 6) is -1.84. The van der Waals surface area contributed by atoms with Crippen molar-refractivity contribution in [2.75, 3.05) is 19.6 Å². The largest absolute Gasteiger partial charge is 0.416 e. The molecule has 1 saturated carbocycles. The van der Waals surface area contributed by atoms with Crippen molar-refractivity contribution in [1.29, 1.82) is 0 Å². The molecule has 0 atom stereocenters. The highest BCUT2D eigenvalue weighted by atomic mass is 19.4. The first-order valence-corrected chi connectivity index (χ1v) is 10.2. The highest BCUT2D eigenvalue weighted by molar-refractivity contribution is 5.94. The Morgan fingerprint density at radius 2 is 1.35 bits per heavy atom. The number of benzene rings is 1. The molecule has 0 bridgehead atoms. The van der Waals surface area contributed by atoms with Gasteiger partial charge in [-0.1, -0.05) is 0 Å². The van der Waals surface area contributed by atoms with E-state index in [4.69, 9.17) is 0 Å². The smallest absolute Gasteiger partial charge is 0.349 e. The van der Waals surface area contributed by atoms with E-state index in [9.17, 15) is 49.1 Å². The Balaban J connectivity index is 1.85. The fourth-order valence-corrected chi connectivity index (χ4v) is 3.52. The summed E-state index contributed by atoms with van der Waals surface area (Å²) >= 11 is 0. The molecule has 34 heavy (non-hydrogen) atoms. The van der Waals surface area contributed by atoms with Gasteiger partial charge >= 0.3 is 18.5 Å². The number of nitrogens with one attached hydrogen (secondary N) is 3. The second kappa shape index (κ2) is 10.8. The molecule has 192 valence electrons. The minimum Gasteiger partial charge on any atom is -0.349 e. The van der Waals surface area contributed by atoms with Crippen LogP contribution in [0.3, 0.4) is 0 Å². The van der Waals surface area contributed by atoms with Crippen LogP contribution in [0.1, 0.15) is 47.2 Å². The summed E-state index contributed by atoms with van der Waals surface area (Å²) in [6.45, 7) is -1.43.